The van der Waals surface area contributed by atoms with Crippen molar-refractivity contribution in [3.05, 3.63) is 0 Å². The zero-order valence-corrected chi connectivity index (χ0v) is 9.45. The van der Waals surface area contributed by atoms with E-state index < -0.39 is 11.9 Å². The smallest absolute Gasteiger partial charge is 0.306 e. The topological polar surface area (TPSA) is 61.8 Å². The van der Waals surface area contributed by atoms with Crippen LogP contribution in [0.15, 0.2) is 0 Å². The number of ether oxygens (including phenoxy) is 3. The van der Waals surface area contributed by atoms with Gasteiger partial charge in [-0.25, -0.2) is 0 Å². The fourth-order valence-electron chi connectivity index (χ4n) is 0.921. The van der Waals surface area contributed by atoms with E-state index in [2.05, 4.69) is 4.74 Å². The van der Waals surface area contributed by atoms with Crippen LogP contribution in [0.2, 0.25) is 0 Å². The zero-order valence-electron chi connectivity index (χ0n) is 9.45. The van der Waals surface area contributed by atoms with Crippen molar-refractivity contribution in [2.75, 3.05) is 20.3 Å². The molecule has 5 nitrogen and oxygen atoms in total. The standard InChI is InChI=1S/C10H18O5/c1-4-14-8(2)7-15-10(12)6-5-9(11)13-3/h8H,4-7H2,1-3H3. The third kappa shape index (κ3) is 7.93. The van der Waals surface area contributed by atoms with Gasteiger partial charge in [0.15, 0.2) is 0 Å². The molecule has 0 fully saturated rings. The van der Waals surface area contributed by atoms with Crippen molar-refractivity contribution in [1.82, 2.24) is 0 Å². The Morgan fingerprint density at radius 2 is 1.80 bits per heavy atom. The molecule has 0 aliphatic heterocycles. The van der Waals surface area contributed by atoms with Crippen molar-refractivity contribution in [1.29, 1.82) is 0 Å². The average Bonchev–Trinajstić information content (AvgIpc) is 2.23. The summed E-state index contributed by atoms with van der Waals surface area (Å²) in [6.45, 7) is 4.49. The first kappa shape index (κ1) is 13.9. The highest BCUT2D eigenvalue weighted by atomic mass is 16.6. The lowest BCUT2D eigenvalue weighted by molar-refractivity contribution is -0.151. The molecule has 0 spiro atoms. The molecule has 0 N–H and O–H groups in total. The molecule has 0 heterocycles. The van der Waals surface area contributed by atoms with Gasteiger partial charge in [-0.05, 0) is 13.8 Å². The van der Waals surface area contributed by atoms with E-state index in [0.717, 1.165) is 0 Å². The van der Waals surface area contributed by atoms with Gasteiger partial charge in [0.2, 0.25) is 0 Å². The van der Waals surface area contributed by atoms with Crippen LogP contribution in [-0.2, 0) is 23.8 Å². The maximum atomic E-state index is 11.1. The Balaban J connectivity index is 3.53. The molecular formula is C10H18O5. The van der Waals surface area contributed by atoms with Crippen LogP contribution in [0.3, 0.4) is 0 Å². The van der Waals surface area contributed by atoms with Crippen molar-refractivity contribution < 1.29 is 23.8 Å². The number of hydrogen-bond acceptors (Lipinski definition) is 5. The van der Waals surface area contributed by atoms with Gasteiger partial charge in [0, 0.05) is 6.61 Å². The average molecular weight is 218 g/mol. The first-order valence-electron chi connectivity index (χ1n) is 4.94. The third-order valence-corrected chi connectivity index (χ3v) is 1.69. The predicted octanol–water partition coefficient (Wildman–Crippen LogP) is 0.908. The monoisotopic (exact) mass is 218 g/mol. The first-order chi connectivity index (χ1) is 7.10. The molecule has 0 saturated heterocycles. The zero-order chi connectivity index (χ0) is 11.7. The number of carbonyl (C=O) groups is 2. The minimum Gasteiger partial charge on any atom is -0.469 e. The molecule has 0 amide bonds. The summed E-state index contributed by atoms with van der Waals surface area (Å²) in [7, 11) is 1.28. The normalized spacial score (nSPS) is 11.9. The Morgan fingerprint density at radius 1 is 1.20 bits per heavy atom. The van der Waals surface area contributed by atoms with Crippen LogP contribution in [-0.4, -0.2) is 38.4 Å². The molecule has 0 aromatic heterocycles. The fraction of sp³-hybridized carbons (Fsp3) is 0.800. The van der Waals surface area contributed by atoms with Crippen LogP contribution in [0.1, 0.15) is 26.7 Å². The van der Waals surface area contributed by atoms with E-state index in [1.807, 2.05) is 13.8 Å². The Bertz CT molecular complexity index is 202. The second-order valence-corrected chi connectivity index (χ2v) is 3.03. The van der Waals surface area contributed by atoms with E-state index in [-0.39, 0.29) is 25.6 Å². The summed E-state index contributed by atoms with van der Waals surface area (Å²) in [6.07, 6.45) is -0.0128. The molecule has 5 heteroatoms. The van der Waals surface area contributed by atoms with E-state index >= 15 is 0 Å². The molecule has 15 heavy (non-hydrogen) atoms. The van der Waals surface area contributed by atoms with Crippen molar-refractivity contribution in [2.24, 2.45) is 0 Å². The maximum Gasteiger partial charge on any atom is 0.306 e. The van der Waals surface area contributed by atoms with Gasteiger partial charge in [0.1, 0.15) is 6.61 Å². The van der Waals surface area contributed by atoms with E-state index in [4.69, 9.17) is 9.47 Å². The Kier molecular flexibility index (Phi) is 7.62. The van der Waals surface area contributed by atoms with Gasteiger partial charge in [-0.3, -0.25) is 9.59 Å². The lowest BCUT2D eigenvalue weighted by atomic mass is 10.3. The van der Waals surface area contributed by atoms with Crippen LogP contribution < -0.4 is 0 Å². The van der Waals surface area contributed by atoms with Crippen LogP contribution in [0.4, 0.5) is 0 Å². The molecular weight excluding hydrogens is 200 g/mol. The molecule has 1 unspecified atom stereocenters. The molecule has 1 atom stereocenters. The highest BCUT2D eigenvalue weighted by Crippen LogP contribution is 1.97. The summed E-state index contributed by atoms with van der Waals surface area (Å²) >= 11 is 0. The SMILES string of the molecule is CCOC(C)COC(=O)CCC(=O)OC. The molecule has 0 bridgehead atoms. The van der Waals surface area contributed by atoms with Gasteiger partial charge < -0.3 is 14.2 Å². The summed E-state index contributed by atoms with van der Waals surface area (Å²) < 4.78 is 14.4. The lowest BCUT2D eigenvalue weighted by Gasteiger charge is -2.11. The lowest BCUT2D eigenvalue weighted by Crippen LogP contribution is -2.19. The largest absolute Gasteiger partial charge is 0.469 e. The van der Waals surface area contributed by atoms with E-state index in [9.17, 15) is 9.59 Å². The van der Waals surface area contributed by atoms with Gasteiger partial charge in [-0.15, -0.1) is 0 Å². The molecule has 0 rings (SSSR count). The second kappa shape index (κ2) is 8.23. The van der Waals surface area contributed by atoms with E-state index in [0.29, 0.717) is 6.61 Å². The Hall–Kier alpha value is -1.10. The Labute approximate surface area is 89.7 Å². The minimum absolute atomic E-state index is 0.0471. The number of esters is 2. The Morgan fingerprint density at radius 3 is 2.33 bits per heavy atom. The van der Waals surface area contributed by atoms with Crippen LogP contribution in [0.5, 0.6) is 0 Å². The minimum atomic E-state index is -0.412. The summed E-state index contributed by atoms with van der Waals surface area (Å²) in [4.78, 5) is 21.8. The van der Waals surface area contributed by atoms with Crippen LogP contribution in [0, 0.1) is 0 Å². The summed E-state index contributed by atoms with van der Waals surface area (Å²) in [5.41, 5.74) is 0. The molecule has 0 aromatic carbocycles. The van der Waals surface area contributed by atoms with Gasteiger partial charge in [-0.2, -0.15) is 0 Å². The highest BCUT2D eigenvalue weighted by Gasteiger charge is 2.09. The predicted molar refractivity (Wildman–Crippen MR) is 53.3 cm³/mol. The summed E-state index contributed by atoms with van der Waals surface area (Å²) in [5, 5.41) is 0. The molecule has 0 aliphatic rings. The van der Waals surface area contributed by atoms with Gasteiger partial charge >= 0.3 is 11.9 Å². The highest BCUT2D eigenvalue weighted by molar-refractivity contribution is 5.77. The van der Waals surface area contributed by atoms with Gasteiger partial charge in [0.25, 0.3) is 0 Å². The second-order valence-electron chi connectivity index (χ2n) is 3.03. The molecule has 0 saturated carbocycles. The van der Waals surface area contributed by atoms with Gasteiger partial charge in [-0.1, -0.05) is 0 Å². The number of hydrogen-bond donors (Lipinski definition) is 0. The van der Waals surface area contributed by atoms with Gasteiger partial charge in [0.05, 0.1) is 26.1 Å². The van der Waals surface area contributed by atoms with E-state index in [1.54, 1.807) is 0 Å². The summed E-state index contributed by atoms with van der Waals surface area (Å²) in [5.74, 6) is -0.822. The number of rotatable bonds is 7. The van der Waals surface area contributed by atoms with Crippen molar-refractivity contribution >= 4 is 11.9 Å². The maximum absolute atomic E-state index is 11.1. The molecule has 0 radical (unpaired) electrons. The third-order valence-electron chi connectivity index (χ3n) is 1.69. The summed E-state index contributed by atoms with van der Waals surface area (Å²) in [6, 6.07) is 0. The van der Waals surface area contributed by atoms with Crippen LogP contribution in [0.25, 0.3) is 0 Å². The van der Waals surface area contributed by atoms with Crippen molar-refractivity contribution in [2.45, 2.75) is 32.8 Å². The van der Waals surface area contributed by atoms with Crippen LogP contribution >= 0.6 is 0 Å². The number of carbonyl (C=O) groups excluding carboxylic acids is 2. The van der Waals surface area contributed by atoms with Crippen molar-refractivity contribution in [3.63, 3.8) is 0 Å². The van der Waals surface area contributed by atoms with Crippen molar-refractivity contribution in [3.8, 4) is 0 Å². The first-order valence-corrected chi connectivity index (χ1v) is 4.94. The molecule has 0 aromatic rings. The quantitative estimate of drug-likeness (QED) is 0.594. The molecule has 0 aliphatic carbocycles. The molecule has 88 valence electrons. The van der Waals surface area contributed by atoms with E-state index in [1.165, 1.54) is 7.11 Å². The number of methoxy groups -OCH3 is 1. The fourth-order valence-corrected chi connectivity index (χ4v) is 0.921.